The van der Waals surface area contributed by atoms with E-state index in [0.29, 0.717) is 22.1 Å². The zero-order valence-electron chi connectivity index (χ0n) is 20.1. The van der Waals surface area contributed by atoms with Gasteiger partial charge >= 0.3 is 33.4 Å². The summed E-state index contributed by atoms with van der Waals surface area (Å²) in [7, 11) is -10.7. The minimum atomic E-state index is -7.43. The van der Waals surface area contributed by atoms with Gasteiger partial charge in [-0.25, -0.2) is 0 Å². The summed E-state index contributed by atoms with van der Waals surface area (Å²) in [4.78, 5) is 0. The van der Waals surface area contributed by atoms with Crippen LogP contribution in [0, 0.1) is 0 Å². The van der Waals surface area contributed by atoms with Crippen LogP contribution in [0.1, 0.15) is 0 Å². The zero-order chi connectivity index (χ0) is 30.5. The summed E-state index contributed by atoms with van der Waals surface area (Å²) in [5.74, 6) is -16.0. The third kappa shape index (κ3) is 4.97. The quantitative estimate of drug-likeness (QED) is 0.126. The van der Waals surface area contributed by atoms with Gasteiger partial charge in [0.05, 0.1) is 0 Å². The zero-order valence-corrected chi connectivity index (χ0v) is 21.8. The Balaban J connectivity index is 1.79. The van der Waals surface area contributed by atoms with Gasteiger partial charge in [0.25, 0.3) is 0 Å². The Bertz CT molecular complexity index is 1680. The Labute approximate surface area is 226 Å². The lowest BCUT2D eigenvalue weighted by atomic mass is 10.1. The molecular formula is C26H16F9O4PS. The second-order valence-electron chi connectivity index (χ2n) is 8.67. The van der Waals surface area contributed by atoms with E-state index in [1.54, 1.807) is 60.7 Å². The van der Waals surface area contributed by atoms with Gasteiger partial charge in [0.2, 0.25) is 0 Å². The van der Waals surface area contributed by atoms with Gasteiger partial charge in [-0.3, -0.25) is 0 Å². The lowest BCUT2D eigenvalue weighted by Crippen LogP contribution is -2.63. The van der Waals surface area contributed by atoms with Gasteiger partial charge in [-0.2, -0.15) is 47.9 Å². The summed E-state index contributed by atoms with van der Waals surface area (Å²) in [5.41, 5.74) is 0. The average molecular weight is 626 g/mol. The Morgan fingerprint density at radius 1 is 0.561 bits per heavy atom. The first kappa shape index (κ1) is 30.4. The molecule has 4 nitrogen and oxygen atoms in total. The van der Waals surface area contributed by atoms with Crippen LogP contribution in [0.25, 0.3) is 10.8 Å². The summed E-state index contributed by atoms with van der Waals surface area (Å²) in [5, 5.41) is -5.73. The van der Waals surface area contributed by atoms with E-state index in [1.807, 2.05) is 0 Å². The van der Waals surface area contributed by atoms with Crippen LogP contribution < -0.4 is 20.1 Å². The van der Waals surface area contributed by atoms with E-state index in [0.717, 1.165) is 12.1 Å². The molecule has 0 atom stereocenters. The molecule has 0 aliphatic heterocycles. The molecule has 0 aromatic heterocycles. The number of hydrogen-bond donors (Lipinski definition) is 0. The molecule has 0 amide bonds. The topological polar surface area (TPSA) is 60.4 Å². The van der Waals surface area contributed by atoms with Gasteiger partial charge in [0.15, 0.2) is 7.14 Å². The van der Waals surface area contributed by atoms with Crippen molar-refractivity contribution in [3.8, 4) is 5.75 Å². The fraction of sp³-hybridized carbons (Fsp3) is 0.154. The van der Waals surface area contributed by atoms with Crippen molar-refractivity contribution < 1.29 is 56.7 Å². The molecule has 0 saturated heterocycles. The number of benzene rings is 4. The first-order valence-electron chi connectivity index (χ1n) is 11.3. The van der Waals surface area contributed by atoms with E-state index in [9.17, 15) is 52.5 Å². The molecule has 0 N–H and O–H groups in total. The number of hydrogen-bond acceptors (Lipinski definition) is 4. The predicted molar refractivity (Wildman–Crippen MR) is 134 cm³/mol. The van der Waals surface area contributed by atoms with Crippen LogP contribution in [0.3, 0.4) is 0 Å². The van der Waals surface area contributed by atoms with E-state index in [-0.39, 0.29) is 10.7 Å². The molecule has 0 fully saturated rings. The molecule has 0 radical (unpaired) electrons. The molecule has 15 heteroatoms. The van der Waals surface area contributed by atoms with Crippen LogP contribution >= 0.6 is 7.14 Å². The van der Waals surface area contributed by atoms with Gasteiger partial charge in [-0.05, 0) is 29.0 Å². The monoisotopic (exact) mass is 626 g/mol. The standard InChI is InChI=1S/C26H16F9O4PS/c27-23(28,25(31,32)33)24(29,30)26(34,35)41(37,38)39-19-13-11-17-12-14-22(16-18(17)15-19)40(36,20-7-3-1-4-8-20)21-9-5-2-6-10-21/h1-16H. The van der Waals surface area contributed by atoms with E-state index in [4.69, 9.17) is 0 Å². The molecule has 41 heavy (non-hydrogen) atoms. The molecule has 4 aromatic rings. The highest BCUT2D eigenvalue weighted by Gasteiger charge is 2.86. The maximum atomic E-state index is 14.5. The normalized spacial score (nSPS) is 13.8. The number of fused-ring (bicyclic) bond motifs is 1. The Hall–Kier alpha value is -3.51. The molecule has 0 aliphatic rings. The third-order valence-corrected chi connectivity index (χ3v) is 10.4. The van der Waals surface area contributed by atoms with Crippen molar-refractivity contribution in [2.75, 3.05) is 0 Å². The average Bonchev–Trinajstić information content (AvgIpc) is 2.92. The van der Waals surface area contributed by atoms with Crippen LogP contribution in [0.15, 0.2) is 97.1 Å². The van der Waals surface area contributed by atoms with Crippen LogP contribution in [0.5, 0.6) is 5.75 Å². The predicted octanol–water partition coefficient (Wildman–Crippen LogP) is 6.61. The van der Waals surface area contributed by atoms with E-state index in [2.05, 4.69) is 4.18 Å². The van der Waals surface area contributed by atoms with E-state index >= 15 is 0 Å². The molecule has 0 spiro atoms. The largest absolute Gasteiger partial charge is 0.460 e. The van der Waals surface area contributed by atoms with Gasteiger partial charge < -0.3 is 8.75 Å². The highest BCUT2D eigenvalue weighted by Crippen LogP contribution is 2.55. The van der Waals surface area contributed by atoms with Crippen molar-refractivity contribution in [1.82, 2.24) is 0 Å². The Kier molecular flexibility index (Phi) is 7.49. The number of halogens is 9. The Morgan fingerprint density at radius 3 is 1.54 bits per heavy atom. The van der Waals surface area contributed by atoms with Crippen molar-refractivity contribution in [3.63, 3.8) is 0 Å². The second-order valence-corrected chi connectivity index (χ2v) is 13.0. The lowest BCUT2D eigenvalue weighted by Gasteiger charge is -2.32. The first-order valence-corrected chi connectivity index (χ1v) is 14.4. The van der Waals surface area contributed by atoms with Crippen LogP contribution in [0.2, 0.25) is 0 Å². The second kappa shape index (κ2) is 10.1. The molecule has 0 saturated carbocycles. The van der Waals surface area contributed by atoms with Gasteiger partial charge in [0.1, 0.15) is 5.75 Å². The molecule has 4 rings (SSSR count). The van der Waals surface area contributed by atoms with Crippen molar-refractivity contribution >= 4 is 43.9 Å². The fourth-order valence-electron chi connectivity index (χ4n) is 3.88. The van der Waals surface area contributed by atoms with Gasteiger partial charge in [-0.15, -0.1) is 0 Å². The third-order valence-electron chi connectivity index (χ3n) is 6.03. The van der Waals surface area contributed by atoms with Crippen molar-refractivity contribution in [2.45, 2.75) is 23.3 Å². The van der Waals surface area contributed by atoms with Gasteiger partial charge in [-0.1, -0.05) is 78.9 Å². The summed E-state index contributed by atoms with van der Waals surface area (Å²) in [6, 6.07) is 23.1. The summed E-state index contributed by atoms with van der Waals surface area (Å²) in [6.45, 7) is 0. The summed E-state index contributed by atoms with van der Waals surface area (Å²) in [6.07, 6.45) is -7.21. The van der Waals surface area contributed by atoms with E-state index in [1.165, 1.54) is 18.2 Å². The number of alkyl halides is 9. The molecule has 0 unspecified atom stereocenters. The lowest BCUT2D eigenvalue weighted by molar-refractivity contribution is -0.382. The van der Waals surface area contributed by atoms with Crippen LogP contribution in [-0.2, 0) is 14.7 Å². The molecule has 0 bridgehead atoms. The van der Waals surface area contributed by atoms with Crippen molar-refractivity contribution in [1.29, 1.82) is 0 Å². The summed E-state index contributed by atoms with van der Waals surface area (Å²) >= 11 is 0. The SMILES string of the molecule is O=P(c1ccccc1)(c1ccccc1)c1ccc2ccc(OS(=O)(=O)C(F)(F)C(F)(F)C(F)(F)C(F)(F)F)cc2c1. The minimum Gasteiger partial charge on any atom is -0.378 e. The highest BCUT2D eigenvalue weighted by molar-refractivity contribution is 7.88. The van der Waals surface area contributed by atoms with E-state index < -0.39 is 46.3 Å². The smallest absolute Gasteiger partial charge is 0.378 e. The van der Waals surface area contributed by atoms with Crippen molar-refractivity contribution in [2.24, 2.45) is 0 Å². The number of rotatable bonds is 8. The van der Waals surface area contributed by atoms with Crippen LogP contribution in [-0.4, -0.2) is 31.7 Å². The summed E-state index contributed by atoms with van der Waals surface area (Å²) < 4.78 is 162. The van der Waals surface area contributed by atoms with Gasteiger partial charge in [0, 0.05) is 15.9 Å². The maximum Gasteiger partial charge on any atom is 0.460 e. The fourth-order valence-corrected chi connectivity index (χ4v) is 7.47. The molecular weight excluding hydrogens is 610 g/mol. The Morgan fingerprint density at radius 2 is 1.05 bits per heavy atom. The minimum absolute atomic E-state index is 0.00187. The highest BCUT2D eigenvalue weighted by atomic mass is 32.2. The first-order chi connectivity index (χ1) is 18.9. The molecule has 0 heterocycles. The molecule has 4 aromatic carbocycles. The molecule has 218 valence electrons. The van der Waals surface area contributed by atoms with Crippen molar-refractivity contribution in [3.05, 3.63) is 97.1 Å². The molecule has 0 aliphatic carbocycles. The van der Waals surface area contributed by atoms with Crippen LogP contribution in [0.4, 0.5) is 39.5 Å². The maximum absolute atomic E-state index is 14.5.